The fraction of sp³-hybridized carbons (Fsp3) is 0.476. The molecule has 0 unspecified atom stereocenters. The number of nitrogens with one attached hydrogen (secondary N) is 1. The second kappa shape index (κ2) is 7.94. The molecule has 1 aliphatic carbocycles. The highest BCUT2D eigenvalue weighted by molar-refractivity contribution is 5.98. The van der Waals surface area contributed by atoms with Crippen LogP contribution in [0.1, 0.15) is 44.9 Å². The molecule has 2 heterocycles. The summed E-state index contributed by atoms with van der Waals surface area (Å²) in [6.45, 7) is 0.695. The van der Waals surface area contributed by atoms with E-state index in [4.69, 9.17) is 0 Å². The van der Waals surface area contributed by atoms with Gasteiger partial charge in [0.15, 0.2) is 0 Å². The Hall–Kier alpha value is -2.63. The second-order valence-corrected chi connectivity index (χ2v) is 7.51. The predicted molar refractivity (Wildman–Crippen MR) is 104 cm³/mol. The number of nitrogens with zero attached hydrogens (tertiary/aromatic N) is 3. The minimum absolute atomic E-state index is 0.0886. The highest BCUT2D eigenvalue weighted by Gasteiger charge is 2.37. The highest BCUT2D eigenvalue weighted by atomic mass is 16.2. The van der Waals surface area contributed by atoms with E-state index in [0.29, 0.717) is 6.54 Å². The van der Waals surface area contributed by atoms with Crippen molar-refractivity contribution in [2.24, 2.45) is 5.92 Å². The minimum Gasteiger partial charge on any atom is -0.330 e. The van der Waals surface area contributed by atoms with Crippen LogP contribution in [-0.4, -0.2) is 39.1 Å². The zero-order valence-corrected chi connectivity index (χ0v) is 15.5. The Balaban J connectivity index is 1.44. The number of hydrogen-bond donors (Lipinski definition) is 1. The smallest absolute Gasteiger partial charge is 0.247 e. The van der Waals surface area contributed by atoms with E-state index in [0.717, 1.165) is 49.9 Å². The van der Waals surface area contributed by atoms with E-state index in [-0.39, 0.29) is 23.8 Å². The lowest BCUT2D eigenvalue weighted by atomic mass is 9.88. The van der Waals surface area contributed by atoms with Gasteiger partial charge < -0.3 is 10.2 Å². The van der Waals surface area contributed by atoms with Crippen molar-refractivity contribution in [3.8, 4) is 5.69 Å². The van der Waals surface area contributed by atoms with Gasteiger partial charge in [0, 0.05) is 30.5 Å². The maximum absolute atomic E-state index is 12.9. The van der Waals surface area contributed by atoms with Crippen LogP contribution in [-0.2, 0) is 9.59 Å². The molecule has 2 fully saturated rings. The molecule has 6 heteroatoms. The Kier molecular flexibility index (Phi) is 5.23. The number of amides is 2. The number of carbonyl (C=O) groups is 2. The average Bonchev–Trinajstić information content (AvgIpc) is 3.40. The Bertz CT molecular complexity index is 796. The summed E-state index contributed by atoms with van der Waals surface area (Å²) >= 11 is 0. The van der Waals surface area contributed by atoms with E-state index in [2.05, 4.69) is 10.4 Å². The first-order valence-electron chi connectivity index (χ1n) is 9.94. The van der Waals surface area contributed by atoms with Crippen molar-refractivity contribution in [2.75, 3.05) is 11.9 Å². The molecule has 1 atom stereocenters. The summed E-state index contributed by atoms with van der Waals surface area (Å²) in [5, 5.41) is 7.22. The van der Waals surface area contributed by atoms with Gasteiger partial charge in [0.05, 0.1) is 5.69 Å². The number of aromatic nitrogens is 2. The molecule has 0 spiro atoms. The summed E-state index contributed by atoms with van der Waals surface area (Å²) in [7, 11) is 0. The Morgan fingerprint density at radius 2 is 1.89 bits per heavy atom. The maximum Gasteiger partial charge on any atom is 0.247 e. The van der Waals surface area contributed by atoms with Crippen molar-refractivity contribution in [2.45, 2.75) is 51.0 Å². The molecule has 2 aliphatic rings. The van der Waals surface area contributed by atoms with Crippen LogP contribution >= 0.6 is 0 Å². The molecular formula is C21H26N4O2. The molecule has 6 nitrogen and oxygen atoms in total. The molecule has 1 saturated carbocycles. The molecule has 2 aromatic rings. The van der Waals surface area contributed by atoms with Gasteiger partial charge in [0.25, 0.3) is 0 Å². The molecule has 27 heavy (non-hydrogen) atoms. The number of anilines is 1. The monoisotopic (exact) mass is 366 g/mol. The Labute approximate surface area is 159 Å². The van der Waals surface area contributed by atoms with Gasteiger partial charge in [0.1, 0.15) is 6.04 Å². The predicted octanol–water partition coefficient (Wildman–Crippen LogP) is 3.38. The van der Waals surface area contributed by atoms with Crippen LogP contribution in [0, 0.1) is 5.92 Å². The molecule has 1 aromatic carbocycles. The van der Waals surface area contributed by atoms with E-state index in [1.54, 1.807) is 10.9 Å². The number of benzene rings is 1. The number of rotatable bonds is 4. The van der Waals surface area contributed by atoms with E-state index in [9.17, 15) is 9.59 Å². The van der Waals surface area contributed by atoms with Crippen LogP contribution in [0.3, 0.4) is 0 Å². The topological polar surface area (TPSA) is 67.2 Å². The van der Waals surface area contributed by atoms with Crippen molar-refractivity contribution < 1.29 is 9.59 Å². The Morgan fingerprint density at radius 3 is 2.67 bits per heavy atom. The van der Waals surface area contributed by atoms with Gasteiger partial charge in [-0.25, -0.2) is 4.68 Å². The molecule has 4 rings (SSSR count). The first kappa shape index (κ1) is 17.8. The third-order valence-corrected chi connectivity index (χ3v) is 5.68. The van der Waals surface area contributed by atoms with E-state index >= 15 is 0 Å². The first-order chi connectivity index (χ1) is 13.2. The molecule has 1 aromatic heterocycles. The van der Waals surface area contributed by atoms with Gasteiger partial charge in [-0.05, 0) is 49.9 Å². The van der Waals surface area contributed by atoms with E-state index in [1.807, 2.05) is 41.4 Å². The summed E-state index contributed by atoms with van der Waals surface area (Å²) in [6, 6.07) is 9.11. The molecule has 0 bridgehead atoms. The molecule has 1 aliphatic heterocycles. The largest absolute Gasteiger partial charge is 0.330 e. The minimum atomic E-state index is -0.354. The van der Waals surface area contributed by atoms with Crippen LogP contribution in [0.15, 0.2) is 42.7 Å². The third kappa shape index (κ3) is 3.89. The number of hydrogen-bond acceptors (Lipinski definition) is 3. The highest BCUT2D eigenvalue weighted by Crippen LogP contribution is 2.29. The van der Waals surface area contributed by atoms with Crippen LogP contribution in [0.25, 0.3) is 5.69 Å². The average molecular weight is 366 g/mol. The lowest BCUT2D eigenvalue weighted by Crippen LogP contribution is -2.46. The fourth-order valence-corrected chi connectivity index (χ4v) is 4.26. The lowest BCUT2D eigenvalue weighted by molar-refractivity contribution is -0.141. The maximum atomic E-state index is 12.9. The molecule has 1 N–H and O–H groups in total. The van der Waals surface area contributed by atoms with Gasteiger partial charge in [0.2, 0.25) is 11.8 Å². The normalized spacial score (nSPS) is 20.6. The summed E-state index contributed by atoms with van der Waals surface area (Å²) in [5.74, 6) is 0.196. The quantitative estimate of drug-likeness (QED) is 0.902. The van der Waals surface area contributed by atoms with Gasteiger partial charge in [-0.1, -0.05) is 25.3 Å². The van der Waals surface area contributed by atoms with Crippen molar-refractivity contribution in [3.05, 3.63) is 42.7 Å². The van der Waals surface area contributed by atoms with Gasteiger partial charge in [-0.15, -0.1) is 0 Å². The molecule has 1 saturated heterocycles. The van der Waals surface area contributed by atoms with Gasteiger partial charge in [-0.3, -0.25) is 9.59 Å². The van der Waals surface area contributed by atoms with Crippen molar-refractivity contribution in [1.29, 1.82) is 0 Å². The Morgan fingerprint density at radius 1 is 1.04 bits per heavy atom. The van der Waals surface area contributed by atoms with Crippen molar-refractivity contribution in [3.63, 3.8) is 0 Å². The van der Waals surface area contributed by atoms with Crippen molar-refractivity contribution >= 4 is 17.5 Å². The summed E-state index contributed by atoms with van der Waals surface area (Å²) in [6.07, 6.45) is 10.6. The lowest BCUT2D eigenvalue weighted by Gasteiger charge is -2.30. The standard InChI is InChI=1S/C21H26N4O2/c26-20(23-17-9-4-10-18(15-17)25-14-6-12-22-25)19-11-5-13-24(19)21(27)16-7-2-1-3-8-16/h4,6,9-10,12,14-16,19H,1-3,5,7-8,11,13H2,(H,23,26)/t19-/m0/s1. The zero-order chi connectivity index (χ0) is 18.6. The van der Waals surface area contributed by atoms with Crippen LogP contribution in [0.2, 0.25) is 0 Å². The summed E-state index contributed by atoms with van der Waals surface area (Å²) < 4.78 is 1.75. The summed E-state index contributed by atoms with van der Waals surface area (Å²) in [4.78, 5) is 27.6. The van der Waals surface area contributed by atoms with E-state index < -0.39 is 0 Å². The number of likely N-dealkylation sites (tertiary alicyclic amines) is 1. The van der Waals surface area contributed by atoms with Gasteiger partial charge in [-0.2, -0.15) is 5.10 Å². The summed E-state index contributed by atoms with van der Waals surface area (Å²) in [5.41, 5.74) is 1.62. The molecule has 2 amide bonds. The SMILES string of the molecule is O=C(Nc1cccc(-n2cccn2)c1)[C@@H]1CCCN1C(=O)C1CCCCC1. The second-order valence-electron chi connectivity index (χ2n) is 7.51. The zero-order valence-electron chi connectivity index (χ0n) is 15.5. The van der Waals surface area contributed by atoms with Crippen LogP contribution in [0.5, 0.6) is 0 Å². The van der Waals surface area contributed by atoms with E-state index in [1.165, 1.54) is 6.42 Å². The first-order valence-corrected chi connectivity index (χ1v) is 9.94. The van der Waals surface area contributed by atoms with Crippen LogP contribution < -0.4 is 5.32 Å². The van der Waals surface area contributed by atoms with Crippen LogP contribution in [0.4, 0.5) is 5.69 Å². The third-order valence-electron chi connectivity index (χ3n) is 5.68. The molecule has 142 valence electrons. The molecule has 0 radical (unpaired) electrons. The van der Waals surface area contributed by atoms with Gasteiger partial charge >= 0.3 is 0 Å². The number of carbonyl (C=O) groups excluding carboxylic acids is 2. The molecular weight excluding hydrogens is 340 g/mol. The van der Waals surface area contributed by atoms with Crippen molar-refractivity contribution in [1.82, 2.24) is 14.7 Å². The fourth-order valence-electron chi connectivity index (χ4n) is 4.26.